The molecule has 3 heterocycles. The fourth-order valence-corrected chi connectivity index (χ4v) is 8.51. The Balaban J connectivity index is 1.11. The van der Waals surface area contributed by atoms with Crippen LogP contribution >= 0.6 is 15.2 Å². The molecule has 5 rings (SSSR count). The van der Waals surface area contributed by atoms with Gasteiger partial charge in [-0.1, -0.05) is 13.8 Å². The van der Waals surface area contributed by atoms with Crippen LogP contribution in [0.2, 0.25) is 0 Å². The number of carbonyl (C=O) groups is 2. The predicted octanol–water partition coefficient (Wildman–Crippen LogP) is 0.0942. The molecule has 2 fully saturated rings. The van der Waals surface area contributed by atoms with Gasteiger partial charge in [0.2, 0.25) is 17.7 Å². The van der Waals surface area contributed by atoms with Crippen molar-refractivity contribution in [1.29, 1.82) is 0 Å². The van der Waals surface area contributed by atoms with E-state index in [2.05, 4.69) is 16.0 Å². The van der Waals surface area contributed by atoms with Gasteiger partial charge in [0.25, 0.3) is 5.91 Å². The van der Waals surface area contributed by atoms with Crippen molar-refractivity contribution in [2.45, 2.75) is 82.9 Å². The number of nitrogens with one attached hydrogen (secondary N) is 3. The summed E-state index contributed by atoms with van der Waals surface area (Å²) >= 11 is 0. The molecular formula is C35H53FN7O12P2+. The molecule has 1 aliphatic heterocycles. The van der Waals surface area contributed by atoms with Gasteiger partial charge in [0.05, 0.1) is 29.8 Å². The van der Waals surface area contributed by atoms with Gasteiger partial charge in [-0.05, 0) is 38.8 Å². The number of benzene rings is 1. The van der Waals surface area contributed by atoms with Crippen molar-refractivity contribution in [2.24, 2.45) is 5.41 Å². The van der Waals surface area contributed by atoms with Crippen molar-refractivity contribution < 1.29 is 62.2 Å². The molecule has 1 aromatic carbocycles. The van der Waals surface area contributed by atoms with Gasteiger partial charge in [-0.15, -0.1) is 0 Å². The summed E-state index contributed by atoms with van der Waals surface area (Å²) in [5, 5.41) is 25.8. The number of nitrogens with zero attached hydrogens (tertiary/aromatic N) is 4. The van der Waals surface area contributed by atoms with E-state index in [0.29, 0.717) is 24.3 Å². The summed E-state index contributed by atoms with van der Waals surface area (Å²) in [4.78, 5) is 79.2. The number of pyridine rings is 1. The number of amides is 2. The van der Waals surface area contributed by atoms with E-state index in [4.69, 9.17) is 4.74 Å². The highest BCUT2D eigenvalue weighted by Gasteiger charge is 2.61. The van der Waals surface area contributed by atoms with Gasteiger partial charge in [0.1, 0.15) is 43.0 Å². The molecule has 1 atom stereocenters. The number of aromatic nitrogens is 3. The Morgan fingerprint density at radius 3 is 2.33 bits per heavy atom. The number of halogens is 1. The minimum absolute atomic E-state index is 0.0809. The van der Waals surface area contributed by atoms with Crippen LogP contribution in [0.15, 0.2) is 41.8 Å². The first kappa shape index (κ1) is 44.6. The lowest BCUT2D eigenvalue weighted by molar-refractivity contribution is -0.703. The number of carbonyl (C=O) groups excluding carboxylic acids is 2. The molecule has 316 valence electrons. The first-order valence-corrected chi connectivity index (χ1v) is 21.7. The molecule has 0 radical (unpaired) electrons. The van der Waals surface area contributed by atoms with Crippen LogP contribution < -0.4 is 30.8 Å². The van der Waals surface area contributed by atoms with Crippen molar-refractivity contribution in [1.82, 2.24) is 25.1 Å². The Morgan fingerprint density at radius 1 is 1.07 bits per heavy atom. The van der Waals surface area contributed by atoms with E-state index in [0.717, 1.165) is 30.5 Å². The number of ether oxygens (including phenoxy) is 1. The molecule has 1 aliphatic carbocycles. The zero-order valence-corrected chi connectivity index (χ0v) is 34.1. The average Bonchev–Trinajstić information content (AvgIpc) is 3.87. The summed E-state index contributed by atoms with van der Waals surface area (Å²) in [6.45, 7) is 8.62. The number of anilines is 1. The second-order valence-corrected chi connectivity index (χ2v) is 20.3. The molecule has 2 aromatic heterocycles. The van der Waals surface area contributed by atoms with Gasteiger partial charge < -0.3 is 59.9 Å². The van der Waals surface area contributed by atoms with Crippen LogP contribution in [0.1, 0.15) is 63.4 Å². The second kappa shape index (κ2) is 17.0. The maximum atomic E-state index is 15.4. The van der Waals surface area contributed by atoms with Crippen LogP contribution in [0.4, 0.5) is 10.1 Å². The molecule has 2 amide bonds. The third kappa shape index (κ3) is 10.9. The summed E-state index contributed by atoms with van der Waals surface area (Å²) < 4.78 is 49.0. The number of imidazole rings is 1. The predicted molar refractivity (Wildman–Crippen MR) is 205 cm³/mol. The number of fused-ring (bicyclic) bond motifs is 1. The van der Waals surface area contributed by atoms with Crippen LogP contribution in [0.5, 0.6) is 0 Å². The zero-order chi connectivity index (χ0) is 42.1. The first-order valence-electron chi connectivity index (χ1n) is 18.5. The minimum atomic E-state index is -5.67. The molecule has 57 heavy (non-hydrogen) atoms. The standard InChI is InChI=1S/C35H52FN7O12P2/c1-33(2,19-39-32(47)26-18-43(23-5-6-23)28-14-29(42-9-7-37-8-10-42)27(36)13-25(28)31(26)46)21-55-34(3,4)15-30(45)38-16-24(44)17-40-11-12-41(22-40)20-35(48,56(49,50)51)57(52,53)54/h11-14,18,22-24,37,44,48H,5-10,15-17,19-21H2,1-4H3,(H5-,38,39,45,47,49,50,51,52,53,54)/p+1. The van der Waals surface area contributed by atoms with Gasteiger partial charge in [0, 0.05) is 62.3 Å². The fraction of sp³-hybridized carbons (Fsp3) is 0.600. The lowest BCUT2D eigenvalue weighted by atomic mass is 9.93. The molecule has 1 saturated heterocycles. The number of hydrogen-bond acceptors (Lipinski definition) is 10. The summed E-state index contributed by atoms with van der Waals surface area (Å²) in [5.74, 6) is -1.55. The van der Waals surface area contributed by atoms with Crippen molar-refractivity contribution in [3.05, 3.63) is 58.7 Å². The first-order chi connectivity index (χ1) is 26.4. The summed E-state index contributed by atoms with van der Waals surface area (Å²) in [6, 6.07) is 3.06. The quantitative estimate of drug-likeness (QED) is 0.0608. The number of rotatable bonds is 18. The number of aliphatic hydroxyl groups is 2. The van der Waals surface area contributed by atoms with E-state index < -0.39 is 67.0 Å². The molecule has 0 bridgehead atoms. The third-order valence-corrected chi connectivity index (χ3v) is 13.7. The lowest BCUT2D eigenvalue weighted by Gasteiger charge is -2.32. The van der Waals surface area contributed by atoms with E-state index in [1.165, 1.54) is 29.4 Å². The summed E-state index contributed by atoms with van der Waals surface area (Å²) in [7, 11) is -11.3. The highest BCUT2D eigenvalue weighted by atomic mass is 31.2. The molecule has 2 aliphatic rings. The van der Waals surface area contributed by atoms with Crippen LogP contribution in [0.3, 0.4) is 0 Å². The molecule has 19 nitrogen and oxygen atoms in total. The molecule has 22 heteroatoms. The van der Waals surface area contributed by atoms with Crippen LogP contribution in [0.25, 0.3) is 10.9 Å². The monoisotopic (exact) mass is 844 g/mol. The number of hydrogen-bond donors (Lipinski definition) is 9. The number of aliphatic hydroxyl groups excluding tert-OH is 1. The Kier molecular flexibility index (Phi) is 13.3. The van der Waals surface area contributed by atoms with Gasteiger partial charge in [0.15, 0.2) is 0 Å². The summed E-state index contributed by atoms with van der Waals surface area (Å²) in [6.07, 6.45) is 5.79. The van der Waals surface area contributed by atoms with E-state index >= 15 is 4.39 Å². The van der Waals surface area contributed by atoms with Crippen LogP contribution in [0, 0.1) is 11.2 Å². The molecule has 3 aromatic rings. The molecule has 1 saturated carbocycles. The van der Waals surface area contributed by atoms with E-state index in [1.807, 2.05) is 23.3 Å². The SMILES string of the molecule is CC(C)(CNC(=O)c1cn(C2CC2)c2cc(N3CCNCC3)c(F)cc2c1=O)COC(C)(C)CC(=O)NCC(O)Cn1cc[n+](CC(O)(P(=O)(O)O)P(=O)(O)O)c1. The Morgan fingerprint density at radius 2 is 1.72 bits per heavy atom. The Hall–Kier alpha value is -3.55. The van der Waals surface area contributed by atoms with Gasteiger partial charge in [-0.3, -0.25) is 23.5 Å². The molecule has 9 N–H and O–H groups in total. The molecular weight excluding hydrogens is 791 g/mol. The minimum Gasteiger partial charge on any atom is -0.387 e. The topological polar surface area (TPSA) is 269 Å². The van der Waals surface area contributed by atoms with E-state index in [-0.39, 0.29) is 49.7 Å². The second-order valence-electron chi connectivity index (χ2n) is 16.2. The fourth-order valence-electron chi connectivity index (χ4n) is 6.46. The van der Waals surface area contributed by atoms with E-state index in [9.17, 15) is 53.3 Å². The maximum absolute atomic E-state index is 15.4. The van der Waals surface area contributed by atoms with Gasteiger partial charge in [-0.2, -0.15) is 0 Å². The van der Waals surface area contributed by atoms with Crippen molar-refractivity contribution in [3.63, 3.8) is 0 Å². The molecule has 0 spiro atoms. The summed E-state index contributed by atoms with van der Waals surface area (Å²) in [5.41, 5.74) is -1.22. The average molecular weight is 845 g/mol. The zero-order valence-electron chi connectivity index (χ0n) is 32.3. The van der Waals surface area contributed by atoms with Crippen LogP contribution in [-0.4, -0.2) is 113 Å². The Labute approximate surface area is 328 Å². The lowest BCUT2D eigenvalue weighted by Crippen LogP contribution is -2.46. The Bertz CT molecular complexity index is 2100. The van der Waals surface area contributed by atoms with Crippen LogP contribution in [-0.2, 0) is 31.8 Å². The number of piperazine rings is 1. The van der Waals surface area contributed by atoms with Crippen molar-refractivity contribution in [3.8, 4) is 0 Å². The van der Waals surface area contributed by atoms with Crippen molar-refractivity contribution >= 4 is 43.6 Å². The maximum Gasteiger partial charge on any atom is 0.373 e. The van der Waals surface area contributed by atoms with Gasteiger partial charge in [-0.25, -0.2) is 13.5 Å². The molecule has 1 unspecified atom stereocenters. The highest BCUT2D eigenvalue weighted by molar-refractivity contribution is 7.72. The largest absolute Gasteiger partial charge is 0.387 e. The van der Waals surface area contributed by atoms with E-state index in [1.54, 1.807) is 26.1 Å². The smallest absolute Gasteiger partial charge is 0.373 e. The third-order valence-electron chi connectivity index (χ3n) is 9.94. The highest BCUT2D eigenvalue weighted by Crippen LogP contribution is 2.67. The normalized spacial score (nSPS) is 16.5. The van der Waals surface area contributed by atoms with Gasteiger partial charge >= 0.3 is 20.3 Å². The van der Waals surface area contributed by atoms with Crippen molar-refractivity contribution in [2.75, 3.05) is 50.8 Å².